The zero-order chi connectivity index (χ0) is 19.6. The van der Waals surface area contributed by atoms with Crippen molar-refractivity contribution in [3.63, 3.8) is 0 Å². The van der Waals surface area contributed by atoms with Gasteiger partial charge >= 0.3 is 0 Å². The second kappa shape index (κ2) is 11.9. The van der Waals surface area contributed by atoms with Crippen LogP contribution in [-0.2, 0) is 0 Å². The van der Waals surface area contributed by atoms with E-state index in [0.717, 1.165) is 71.9 Å². The summed E-state index contributed by atoms with van der Waals surface area (Å²) in [6, 6.07) is 6.51. The zero-order valence-electron chi connectivity index (χ0n) is 17.5. The number of fused-ring (bicyclic) bond motifs is 1. The Morgan fingerprint density at radius 2 is 1.30 bits per heavy atom. The standard InChI is InChI=1S/C21H34N4S2/c1-6-24(7-2)12-14-26-19-11-10-18-17(5)16-20(23-21(18)22-19)27-15-13-25(8-3)9-4/h10-11,16H,6-9,12-15H2,1-5H3. The fraction of sp³-hybridized carbons (Fsp3) is 0.619. The van der Waals surface area contributed by atoms with Crippen molar-refractivity contribution in [3.8, 4) is 0 Å². The van der Waals surface area contributed by atoms with Crippen LogP contribution in [-0.4, -0.2) is 70.5 Å². The molecule has 0 unspecified atom stereocenters. The normalized spacial score (nSPS) is 11.8. The lowest BCUT2D eigenvalue weighted by atomic mass is 10.2. The Kier molecular flexibility index (Phi) is 9.90. The number of rotatable bonds is 12. The van der Waals surface area contributed by atoms with Crippen LogP contribution >= 0.6 is 23.5 Å². The predicted octanol–water partition coefficient (Wildman–Crippen LogP) is 4.81. The van der Waals surface area contributed by atoms with Crippen molar-refractivity contribution in [1.29, 1.82) is 0 Å². The summed E-state index contributed by atoms with van der Waals surface area (Å²) in [6.45, 7) is 17.7. The summed E-state index contributed by atoms with van der Waals surface area (Å²) in [5.41, 5.74) is 2.14. The second-order valence-electron chi connectivity index (χ2n) is 6.55. The number of aromatic nitrogens is 2. The summed E-state index contributed by atoms with van der Waals surface area (Å²) < 4.78 is 0. The third kappa shape index (κ3) is 6.93. The quantitative estimate of drug-likeness (QED) is 0.471. The second-order valence-corrected chi connectivity index (χ2v) is 8.78. The van der Waals surface area contributed by atoms with Gasteiger partial charge in [-0.05, 0) is 56.9 Å². The van der Waals surface area contributed by atoms with E-state index in [4.69, 9.17) is 9.97 Å². The molecule has 0 N–H and O–H groups in total. The first kappa shape index (κ1) is 22.5. The Bertz CT molecular complexity index is 695. The van der Waals surface area contributed by atoms with Crippen molar-refractivity contribution in [2.75, 3.05) is 50.8 Å². The highest BCUT2D eigenvalue weighted by molar-refractivity contribution is 7.99. The number of aryl methyl sites for hydroxylation is 1. The maximum absolute atomic E-state index is 4.83. The number of pyridine rings is 2. The van der Waals surface area contributed by atoms with E-state index in [1.807, 2.05) is 23.5 Å². The summed E-state index contributed by atoms with van der Waals surface area (Å²) in [4.78, 5) is 14.6. The number of hydrogen-bond acceptors (Lipinski definition) is 6. The largest absolute Gasteiger partial charge is 0.303 e. The van der Waals surface area contributed by atoms with Gasteiger partial charge in [0.2, 0.25) is 0 Å². The van der Waals surface area contributed by atoms with E-state index in [2.05, 4.69) is 62.6 Å². The zero-order valence-corrected chi connectivity index (χ0v) is 19.1. The van der Waals surface area contributed by atoms with Gasteiger partial charge in [0.1, 0.15) is 0 Å². The molecule has 0 fully saturated rings. The summed E-state index contributed by atoms with van der Waals surface area (Å²) >= 11 is 3.66. The maximum atomic E-state index is 4.83. The van der Waals surface area contributed by atoms with Crippen LogP contribution in [0, 0.1) is 6.92 Å². The van der Waals surface area contributed by atoms with E-state index >= 15 is 0 Å². The fourth-order valence-electron chi connectivity index (χ4n) is 3.02. The van der Waals surface area contributed by atoms with Gasteiger partial charge in [-0.1, -0.05) is 27.7 Å². The maximum Gasteiger partial charge on any atom is 0.161 e. The molecular weight excluding hydrogens is 372 g/mol. The van der Waals surface area contributed by atoms with Crippen molar-refractivity contribution in [3.05, 3.63) is 23.8 Å². The van der Waals surface area contributed by atoms with Gasteiger partial charge in [-0.2, -0.15) is 0 Å². The van der Waals surface area contributed by atoms with Crippen LogP contribution in [0.4, 0.5) is 0 Å². The van der Waals surface area contributed by atoms with Crippen molar-refractivity contribution in [2.24, 2.45) is 0 Å². The number of hydrogen-bond donors (Lipinski definition) is 0. The Morgan fingerprint density at radius 3 is 1.85 bits per heavy atom. The lowest BCUT2D eigenvalue weighted by molar-refractivity contribution is 0.324. The first-order valence-corrected chi connectivity index (χ1v) is 12.1. The molecule has 2 aromatic heterocycles. The average Bonchev–Trinajstić information content (AvgIpc) is 2.68. The molecule has 0 aliphatic rings. The van der Waals surface area contributed by atoms with Crippen molar-refractivity contribution in [1.82, 2.24) is 19.8 Å². The Balaban J connectivity index is 2.02. The Labute approximate surface area is 173 Å². The summed E-state index contributed by atoms with van der Waals surface area (Å²) in [7, 11) is 0. The highest BCUT2D eigenvalue weighted by Crippen LogP contribution is 2.25. The van der Waals surface area contributed by atoms with Crippen LogP contribution in [0.25, 0.3) is 11.0 Å². The van der Waals surface area contributed by atoms with Crippen LogP contribution in [0.2, 0.25) is 0 Å². The molecule has 2 rings (SSSR count). The molecule has 0 saturated heterocycles. The average molecular weight is 407 g/mol. The molecule has 0 aliphatic carbocycles. The van der Waals surface area contributed by atoms with Crippen LogP contribution in [0.15, 0.2) is 28.3 Å². The third-order valence-electron chi connectivity index (χ3n) is 4.93. The molecule has 0 radical (unpaired) electrons. The molecule has 6 heteroatoms. The lowest BCUT2D eigenvalue weighted by Crippen LogP contribution is -2.25. The first-order valence-electron chi connectivity index (χ1n) is 10.1. The lowest BCUT2D eigenvalue weighted by Gasteiger charge is -2.17. The van der Waals surface area contributed by atoms with E-state index < -0.39 is 0 Å². The van der Waals surface area contributed by atoms with Crippen LogP contribution in [0.1, 0.15) is 33.3 Å². The Hall–Kier alpha value is -0.820. The van der Waals surface area contributed by atoms with Crippen LogP contribution in [0.3, 0.4) is 0 Å². The highest BCUT2D eigenvalue weighted by atomic mass is 32.2. The Morgan fingerprint density at radius 1 is 0.778 bits per heavy atom. The molecule has 0 amide bonds. The number of thioether (sulfide) groups is 2. The number of nitrogens with zero attached hydrogens (tertiary/aromatic N) is 4. The molecule has 0 saturated carbocycles. The van der Waals surface area contributed by atoms with E-state index in [1.165, 1.54) is 5.56 Å². The van der Waals surface area contributed by atoms with Gasteiger partial charge < -0.3 is 9.80 Å². The van der Waals surface area contributed by atoms with Crippen LogP contribution < -0.4 is 0 Å². The topological polar surface area (TPSA) is 32.3 Å². The minimum Gasteiger partial charge on any atom is -0.303 e. The molecule has 0 aliphatic heterocycles. The van der Waals surface area contributed by atoms with Crippen molar-refractivity contribution < 1.29 is 0 Å². The summed E-state index contributed by atoms with van der Waals surface area (Å²) in [5, 5.41) is 3.33. The van der Waals surface area contributed by atoms with Gasteiger partial charge in [0.15, 0.2) is 5.65 Å². The molecule has 0 aromatic carbocycles. The highest BCUT2D eigenvalue weighted by Gasteiger charge is 2.08. The summed E-state index contributed by atoms with van der Waals surface area (Å²) in [5.74, 6) is 2.13. The molecule has 2 aromatic rings. The van der Waals surface area contributed by atoms with Gasteiger partial charge in [-0.15, -0.1) is 23.5 Å². The van der Waals surface area contributed by atoms with Gasteiger partial charge in [-0.3, -0.25) is 0 Å². The molecule has 0 spiro atoms. The van der Waals surface area contributed by atoms with Gasteiger partial charge in [0, 0.05) is 30.0 Å². The van der Waals surface area contributed by atoms with Crippen molar-refractivity contribution in [2.45, 2.75) is 44.7 Å². The molecule has 2 heterocycles. The van der Waals surface area contributed by atoms with Gasteiger partial charge in [0.05, 0.1) is 10.1 Å². The van der Waals surface area contributed by atoms with Crippen LogP contribution in [0.5, 0.6) is 0 Å². The molecular formula is C21H34N4S2. The predicted molar refractivity (Wildman–Crippen MR) is 121 cm³/mol. The summed E-state index contributed by atoms with van der Waals surface area (Å²) in [6.07, 6.45) is 0. The van der Waals surface area contributed by atoms with E-state index in [-0.39, 0.29) is 0 Å². The molecule has 0 atom stereocenters. The van der Waals surface area contributed by atoms with E-state index in [9.17, 15) is 0 Å². The minimum absolute atomic E-state index is 0.883. The molecule has 150 valence electrons. The van der Waals surface area contributed by atoms with Crippen molar-refractivity contribution >= 4 is 34.6 Å². The molecule has 0 bridgehead atoms. The van der Waals surface area contributed by atoms with E-state index in [1.54, 1.807) is 0 Å². The fourth-order valence-corrected chi connectivity index (χ4v) is 4.86. The minimum atomic E-state index is 0.883. The van der Waals surface area contributed by atoms with Gasteiger partial charge in [0.25, 0.3) is 0 Å². The third-order valence-corrected chi connectivity index (χ3v) is 6.74. The van der Waals surface area contributed by atoms with Gasteiger partial charge in [-0.25, -0.2) is 9.97 Å². The molecule has 27 heavy (non-hydrogen) atoms. The monoisotopic (exact) mass is 406 g/mol. The SMILES string of the molecule is CCN(CC)CCSc1ccc2c(C)cc(SCCN(CC)CC)nc2n1. The van der Waals surface area contributed by atoms with E-state index in [0.29, 0.717) is 0 Å². The smallest absolute Gasteiger partial charge is 0.161 e. The first-order chi connectivity index (χ1) is 13.1. The molecule has 4 nitrogen and oxygen atoms in total.